The molecule has 1 N–H and O–H groups in total. The Kier molecular flexibility index (Phi) is 5.83. The average molecular weight is 280 g/mol. The molecule has 1 aliphatic rings. The molecule has 0 atom stereocenters. The number of carbonyl (C=O) groups is 1. The van der Waals surface area contributed by atoms with Crippen LogP contribution in [-0.2, 0) is 11.3 Å². The van der Waals surface area contributed by atoms with E-state index in [-0.39, 0.29) is 5.91 Å². The quantitative estimate of drug-likeness (QED) is 0.860. The lowest BCUT2D eigenvalue weighted by Crippen LogP contribution is -2.22. The molecule has 1 fully saturated rings. The molecule has 1 aromatic heterocycles. The maximum atomic E-state index is 11.7. The first kappa shape index (κ1) is 14.5. The van der Waals surface area contributed by atoms with E-state index in [0.717, 1.165) is 22.2 Å². The Morgan fingerprint density at radius 1 is 1.42 bits per heavy atom. The van der Waals surface area contributed by atoms with Gasteiger partial charge < -0.3 is 5.32 Å². The second-order valence-corrected chi connectivity index (χ2v) is 6.84. The number of hydrogen-bond donors (Lipinski definition) is 1. The second-order valence-electron chi connectivity index (χ2n) is 5.52. The van der Waals surface area contributed by atoms with Gasteiger partial charge in [-0.25, -0.2) is 4.98 Å². The summed E-state index contributed by atoms with van der Waals surface area (Å²) in [6, 6.07) is 0. The maximum absolute atomic E-state index is 11.7. The minimum Gasteiger partial charge on any atom is -0.351 e. The Hall–Kier alpha value is -0.900. The molecule has 1 aromatic rings. The molecular weight excluding hydrogens is 256 g/mol. The summed E-state index contributed by atoms with van der Waals surface area (Å²) in [6.07, 6.45) is 11.7. The molecule has 1 saturated carbocycles. The molecule has 3 nitrogen and oxygen atoms in total. The third kappa shape index (κ3) is 5.31. The first-order valence-corrected chi connectivity index (χ1v) is 8.23. The van der Waals surface area contributed by atoms with E-state index in [0.29, 0.717) is 13.0 Å². The minimum absolute atomic E-state index is 0.182. The van der Waals surface area contributed by atoms with Gasteiger partial charge >= 0.3 is 0 Å². The standard InChI is InChI=1S/C15H24N2OS/c1-12-16-10-14(19-12)11-17-15(18)9-5-8-13-6-3-2-4-7-13/h10,13H,2-9,11H2,1H3,(H,17,18). The maximum Gasteiger partial charge on any atom is 0.220 e. The zero-order chi connectivity index (χ0) is 13.5. The van der Waals surface area contributed by atoms with E-state index in [9.17, 15) is 4.79 Å². The van der Waals surface area contributed by atoms with Crippen molar-refractivity contribution in [2.75, 3.05) is 0 Å². The van der Waals surface area contributed by atoms with Crippen molar-refractivity contribution < 1.29 is 4.79 Å². The van der Waals surface area contributed by atoms with Crippen LogP contribution in [-0.4, -0.2) is 10.9 Å². The lowest BCUT2D eigenvalue weighted by molar-refractivity contribution is -0.121. The predicted molar refractivity (Wildman–Crippen MR) is 79.1 cm³/mol. The SMILES string of the molecule is Cc1ncc(CNC(=O)CCCC2CCCCC2)s1. The van der Waals surface area contributed by atoms with E-state index in [1.807, 2.05) is 13.1 Å². The Labute approximate surface area is 119 Å². The number of thiazole rings is 1. The fraction of sp³-hybridized carbons (Fsp3) is 0.733. The van der Waals surface area contributed by atoms with E-state index in [1.54, 1.807) is 11.3 Å². The molecule has 0 unspecified atom stereocenters. The Balaban J connectivity index is 1.56. The van der Waals surface area contributed by atoms with Crippen LogP contribution < -0.4 is 5.32 Å². The van der Waals surface area contributed by atoms with Crippen molar-refractivity contribution >= 4 is 17.2 Å². The van der Waals surface area contributed by atoms with E-state index >= 15 is 0 Å². The van der Waals surface area contributed by atoms with Crippen LogP contribution in [0.3, 0.4) is 0 Å². The van der Waals surface area contributed by atoms with Crippen molar-refractivity contribution in [2.24, 2.45) is 5.92 Å². The smallest absolute Gasteiger partial charge is 0.220 e. The fourth-order valence-corrected chi connectivity index (χ4v) is 3.52. The molecular formula is C15H24N2OS. The van der Waals surface area contributed by atoms with Crippen molar-refractivity contribution in [3.05, 3.63) is 16.1 Å². The highest BCUT2D eigenvalue weighted by molar-refractivity contribution is 7.11. The third-order valence-corrected chi connectivity index (χ3v) is 4.78. The fourth-order valence-electron chi connectivity index (χ4n) is 2.79. The van der Waals surface area contributed by atoms with Gasteiger partial charge in [-0.05, 0) is 25.7 Å². The first-order chi connectivity index (χ1) is 9.24. The highest BCUT2D eigenvalue weighted by Crippen LogP contribution is 2.27. The molecule has 0 aromatic carbocycles. The lowest BCUT2D eigenvalue weighted by Gasteiger charge is -2.21. The van der Waals surface area contributed by atoms with Gasteiger partial charge in [0.25, 0.3) is 0 Å². The van der Waals surface area contributed by atoms with E-state index in [1.165, 1.54) is 38.5 Å². The van der Waals surface area contributed by atoms with E-state index in [2.05, 4.69) is 10.3 Å². The number of hydrogen-bond acceptors (Lipinski definition) is 3. The number of carbonyl (C=O) groups excluding carboxylic acids is 1. The molecule has 1 aliphatic carbocycles. The van der Waals surface area contributed by atoms with Crippen LogP contribution in [0, 0.1) is 12.8 Å². The summed E-state index contributed by atoms with van der Waals surface area (Å²) in [5.74, 6) is 1.06. The summed E-state index contributed by atoms with van der Waals surface area (Å²) >= 11 is 1.65. The second kappa shape index (κ2) is 7.63. The molecule has 1 heterocycles. The highest BCUT2D eigenvalue weighted by Gasteiger charge is 2.13. The van der Waals surface area contributed by atoms with Gasteiger partial charge in [0.05, 0.1) is 11.6 Å². The summed E-state index contributed by atoms with van der Waals surface area (Å²) in [5, 5.41) is 4.04. The van der Waals surface area contributed by atoms with Crippen LogP contribution in [0.1, 0.15) is 61.3 Å². The monoisotopic (exact) mass is 280 g/mol. The van der Waals surface area contributed by atoms with Crippen LogP contribution in [0.2, 0.25) is 0 Å². The van der Waals surface area contributed by atoms with Crippen molar-refractivity contribution in [3.8, 4) is 0 Å². The van der Waals surface area contributed by atoms with Crippen LogP contribution in [0.25, 0.3) is 0 Å². The Morgan fingerprint density at radius 2 is 2.21 bits per heavy atom. The van der Waals surface area contributed by atoms with E-state index < -0.39 is 0 Å². The van der Waals surface area contributed by atoms with Crippen molar-refractivity contribution in [1.82, 2.24) is 10.3 Å². The van der Waals surface area contributed by atoms with Gasteiger partial charge in [0.15, 0.2) is 0 Å². The molecule has 1 amide bonds. The van der Waals surface area contributed by atoms with Gasteiger partial charge in [-0.1, -0.05) is 32.1 Å². The normalized spacial score (nSPS) is 16.5. The highest BCUT2D eigenvalue weighted by atomic mass is 32.1. The minimum atomic E-state index is 0.182. The van der Waals surface area contributed by atoms with Crippen LogP contribution in [0.5, 0.6) is 0 Å². The lowest BCUT2D eigenvalue weighted by atomic mass is 9.86. The Bertz CT molecular complexity index is 397. The molecule has 2 rings (SSSR count). The topological polar surface area (TPSA) is 42.0 Å². The average Bonchev–Trinajstić information content (AvgIpc) is 2.83. The van der Waals surface area contributed by atoms with Gasteiger partial charge in [0.2, 0.25) is 5.91 Å². The molecule has 0 spiro atoms. The van der Waals surface area contributed by atoms with Crippen LogP contribution in [0.4, 0.5) is 0 Å². The van der Waals surface area contributed by atoms with Gasteiger partial charge in [-0.3, -0.25) is 4.79 Å². The summed E-state index contributed by atoms with van der Waals surface area (Å²) in [4.78, 5) is 17.1. The number of aryl methyl sites for hydroxylation is 1. The molecule has 0 aliphatic heterocycles. The summed E-state index contributed by atoms with van der Waals surface area (Å²) in [5.41, 5.74) is 0. The molecule has 0 bridgehead atoms. The molecule has 19 heavy (non-hydrogen) atoms. The Morgan fingerprint density at radius 3 is 2.89 bits per heavy atom. The number of amides is 1. The van der Waals surface area contributed by atoms with Crippen molar-refractivity contribution in [1.29, 1.82) is 0 Å². The van der Waals surface area contributed by atoms with Gasteiger partial charge in [-0.2, -0.15) is 0 Å². The van der Waals surface area contributed by atoms with Gasteiger partial charge in [0.1, 0.15) is 0 Å². The number of nitrogens with one attached hydrogen (secondary N) is 1. The first-order valence-electron chi connectivity index (χ1n) is 7.42. The molecule has 0 radical (unpaired) electrons. The summed E-state index contributed by atoms with van der Waals surface area (Å²) in [7, 11) is 0. The van der Waals surface area contributed by atoms with Crippen LogP contribution in [0.15, 0.2) is 6.20 Å². The van der Waals surface area contributed by atoms with E-state index in [4.69, 9.17) is 0 Å². The largest absolute Gasteiger partial charge is 0.351 e. The third-order valence-electron chi connectivity index (χ3n) is 3.87. The zero-order valence-electron chi connectivity index (χ0n) is 11.8. The molecule has 4 heteroatoms. The number of rotatable bonds is 6. The molecule has 106 valence electrons. The number of nitrogens with zero attached hydrogens (tertiary/aromatic N) is 1. The number of aromatic nitrogens is 1. The predicted octanol–water partition coefficient (Wildman–Crippen LogP) is 3.82. The zero-order valence-corrected chi connectivity index (χ0v) is 12.6. The summed E-state index contributed by atoms with van der Waals surface area (Å²) < 4.78 is 0. The van der Waals surface area contributed by atoms with Crippen molar-refractivity contribution in [3.63, 3.8) is 0 Å². The van der Waals surface area contributed by atoms with Crippen LogP contribution >= 0.6 is 11.3 Å². The van der Waals surface area contributed by atoms with Gasteiger partial charge in [0, 0.05) is 17.5 Å². The summed E-state index contributed by atoms with van der Waals surface area (Å²) in [6.45, 7) is 2.62. The van der Waals surface area contributed by atoms with Gasteiger partial charge in [-0.15, -0.1) is 11.3 Å². The molecule has 0 saturated heterocycles. The van der Waals surface area contributed by atoms with Crippen molar-refractivity contribution in [2.45, 2.75) is 64.8 Å².